The van der Waals surface area contributed by atoms with Crippen molar-refractivity contribution in [3.63, 3.8) is 0 Å². The zero-order chi connectivity index (χ0) is 15.2. The third kappa shape index (κ3) is 4.36. The molecule has 0 aromatic heterocycles. The quantitative estimate of drug-likeness (QED) is 0.836. The van der Waals surface area contributed by atoms with E-state index in [0.29, 0.717) is 12.1 Å². The maximum Gasteiger partial charge on any atom is 0.241 e. The molecule has 1 amide bonds. The molecule has 3 N–H and O–H groups in total. The molecule has 0 fully saturated rings. The Morgan fingerprint density at radius 2 is 2.00 bits per heavy atom. The number of nitrogens with one attached hydrogen (secondary N) is 1. The lowest BCUT2D eigenvalue weighted by Crippen LogP contribution is -2.35. The van der Waals surface area contributed by atoms with Crippen LogP contribution in [0.3, 0.4) is 0 Å². The van der Waals surface area contributed by atoms with Gasteiger partial charge in [0.1, 0.15) is 0 Å². The number of hydrogen-bond donors (Lipinski definition) is 2. The summed E-state index contributed by atoms with van der Waals surface area (Å²) >= 11 is 0. The smallest absolute Gasteiger partial charge is 0.241 e. The van der Waals surface area contributed by atoms with Gasteiger partial charge in [-0.3, -0.25) is 4.79 Å². The van der Waals surface area contributed by atoms with Gasteiger partial charge >= 0.3 is 0 Å². The standard InChI is InChI=1S/C16H23N3O/c1-4-5-6-14(18)15(20)19-13-9-7-12(8-10-13)16(2,3)11-17/h7-10,14H,4-6,18H2,1-3H3,(H,19,20)/t14-/m0/s1. The van der Waals surface area contributed by atoms with Crippen LogP contribution in [0.15, 0.2) is 24.3 Å². The second-order valence-corrected chi connectivity index (χ2v) is 5.55. The van der Waals surface area contributed by atoms with Crippen molar-refractivity contribution in [3.05, 3.63) is 29.8 Å². The molecule has 108 valence electrons. The van der Waals surface area contributed by atoms with E-state index < -0.39 is 11.5 Å². The second-order valence-electron chi connectivity index (χ2n) is 5.55. The van der Waals surface area contributed by atoms with E-state index in [2.05, 4.69) is 18.3 Å². The van der Waals surface area contributed by atoms with E-state index in [1.54, 1.807) is 12.1 Å². The zero-order valence-corrected chi connectivity index (χ0v) is 12.4. The molecule has 0 radical (unpaired) electrons. The minimum atomic E-state index is -0.528. The van der Waals surface area contributed by atoms with E-state index in [0.717, 1.165) is 18.4 Å². The predicted molar refractivity (Wildman–Crippen MR) is 81.2 cm³/mol. The fourth-order valence-electron chi connectivity index (χ4n) is 1.82. The number of carbonyl (C=O) groups is 1. The molecular formula is C16H23N3O. The van der Waals surface area contributed by atoms with Crippen LogP contribution in [0.5, 0.6) is 0 Å². The molecule has 1 atom stereocenters. The van der Waals surface area contributed by atoms with Gasteiger partial charge in [-0.15, -0.1) is 0 Å². The Morgan fingerprint density at radius 1 is 1.40 bits per heavy atom. The molecule has 4 heteroatoms. The number of carbonyl (C=O) groups excluding carboxylic acids is 1. The van der Waals surface area contributed by atoms with Crippen LogP contribution >= 0.6 is 0 Å². The molecule has 0 saturated heterocycles. The molecule has 0 aliphatic heterocycles. The number of nitriles is 1. The Morgan fingerprint density at radius 3 is 2.50 bits per heavy atom. The van der Waals surface area contributed by atoms with E-state index in [9.17, 15) is 4.79 Å². The number of benzene rings is 1. The number of rotatable bonds is 6. The maximum absolute atomic E-state index is 11.9. The molecule has 4 nitrogen and oxygen atoms in total. The summed E-state index contributed by atoms with van der Waals surface area (Å²) in [6.45, 7) is 5.79. The largest absolute Gasteiger partial charge is 0.325 e. The lowest BCUT2D eigenvalue weighted by atomic mass is 9.86. The average Bonchev–Trinajstić information content (AvgIpc) is 2.45. The van der Waals surface area contributed by atoms with Gasteiger partial charge in [0, 0.05) is 5.69 Å². The second kappa shape index (κ2) is 7.06. The molecule has 1 rings (SSSR count). The van der Waals surface area contributed by atoms with Crippen molar-refractivity contribution in [2.75, 3.05) is 5.32 Å². The summed E-state index contributed by atoms with van der Waals surface area (Å²) < 4.78 is 0. The molecule has 0 saturated carbocycles. The van der Waals surface area contributed by atoms with Gasteiger partial charge in [0.25, 0.3) is 0 Å². The summed E-state index contributed by atoms with van der Waals surface area (Å²) in [6, 6.07) is 9.11. The summed E-state index contributed by atoms with van der Waals surface area (Å²) in [6.07, 6.45) is 2.67. The van der Waals surface area contributed by atoms with Crippen molar-refractivity contribution in [1.82, 2.24) is 0 Å². The van der Waals surface area contributed by atoms with Gasteiger partial charge in [-0.25, -0.2) is 0 Å². The lowest BCUT2D eigenvalue weighted by Gasteiger charge is -2.17. The van der Waals surface area contributed by atoms with Crippen molar-refractivity contribution in [2.45, 2.75) is 51.5 Å². The molecule has 0 spiro atoms. The van der Waals surface area contributed by atoms with E-state index in [-0.39, 0.29) is 5.91 Å². The number of nitrogens with two attached hydrogens (primary N) is 1. The first kappa shape index (κ1) is 16.2. The molecule has 20 heavy (non-hydrogen) atoms. The monoisotopic (exact) mass is 273 g/mol. The molecule has 0 heterocycles. The van der Waals surface area contributed by atoms with Crippen molar-refractivity contribution in [3.8, 4) is 6.07 Å². The number of nitrogens with zero attached hydrogens (tertiary/aromatic N) is 1. The molecule has 0 aliphatic carbocycles. The summed E-state index contributed by atoms with van der Waals surface area (Å²) in [5.74, 6) is -0.161. The minimum absolute atomic E-state index is 0.161. The third-order valence-electron chi connectivity index (χ3n) is 3.36. The highest BCUT2D eigenvalue weighted by Gasteiger charge is 2.19. The van der Waals surface area contributed by atoms with E-state index >= 15 is 0 Å². The first-order valence-electron chi connectivity index (χ1n) is 6.99. The predicted octanol–water partition coefficient (Wildman–Crippen LogP) is 2.94. The van der Waals surface area contributed by atoms with Crippen LogP contribution in [0.2, 0.25) is 0 Å². The van der Waals surface area contributed by atoms with Gasteiger partial charge in [-0.2, -0.15) is 5.26 Å². The van der Waals surface area contributed by atoms with Gasteiger partial charge in [-0.05, 0) is 38.0 Å². The average molecular weight is 273 g/mol. The molecule has 1 aromatic rings. The normalized spacial score (nSPS) is 12.6. The Balaban J connectivity index is 2.67. The molecule has 0 aliphatic rings. The van der Waals surface area contributed by atoms with Gasteiger partial charge in [-0.1, -0.05) is 31.9 Å². The van der Waals surface area contributed by atoms with Gasteiger partial charge in [0.2, 0.25) is 5.91 Å². The van der Waals surface area contributed by atoms with Crippen LogP contribution in [0.1, 0.15) is 45.6 Å². The summed E-state index contributed by atoms with van der Waals surface area (Å²) in [7, 11) is 0. The highest BCUT2D eigenvalue weighted by atomic mass is 16.2. The molecule has 0 unspecified atom stereocenters. The van der Waals surface area contributed by atoms with Gasteiger partial charge in [0.05, 0.1) is 17.5 Å². The summed E-state index contributed by atoms with van der Waals surface area (Å²) in [5, 5.41) is 11.9. The Hall–Kier alpha value is -1.86. The van der Waals surface area contributed by atoms with Crippen molar-refractivity contribution < 1.29 is 4.79 Å². The van der Waals surface area contributed by atoms with Crippen LogP contribution in [0, 0.1) is 11.3 Å². The number of anilines is 1. The number of hydrogen-bond acceptors (Lipinski definition) is 3. The SMILES string of the molecule is CCCC[C@H](N)C(=O)Nc1ccc(C(C)(C)C#N)cc1. The first-order chi connectivity index (χ1) is 9.40. The van der Waals surface area contributed by atoms with E-state index in [1.165, 1.54) is 0 Å². The topological polar surface area (TPSA) is 78.9 Å². The summed E-state index contributed by atoms with van der Waals surface area (Å²) in [5.41, 5.74) is 6.92. The maximum atomic E-state index is 11.9. The fraction of sp³-hybridized carbons (Fsp3) is 0.500. The lowest BCUT2D eigenvalue weighted by molar-refractivity contribution is -0.117. The Labute approximate surface area is 121 Å². The molecule has 1 aromatic carbocycles. The molecular weight excluding hydrogens is 250 g/mol. The van der Waals surface area contributed by atoms with Crippen molar-refractivity contribution in [2.24, 2.45) is 5.73 Å². The van der Waals surface area contributed by atoms with Crippen molar-refractivity contribution in [1.29, 1.82) is 5.26 Å². The van der Waals surface area contributed by atoms with Crippen LogP contribution < -0.4 is 11.1 Å². The van der Waals surface area contributed by atoms with E-state index in [1.807, 2.05) is 26.0 Å². The van der Waals surface area contributed by atoms with Crippen molar-refractivity contribution >= 4 is 11.6 Å². The van der Waals surface area contributed by atoms with Crippen LogP contribution in [0.25, 0.3) is 0 Å². The van der Waals surface area contributed by atoms with E-state index in [4.69, 9.17) is 11.0 Å². The first-order valence-corrected chi connectivity index (χ1v) is 6.99. The minimum Gasteiger partial charge on any atom is -0.325 e. The van der Waals surface area contributed by atoms with Crippen LogP contribution in [0.4, 0.5) is 5.69 Å². The van der Waals surface area contributed by atoms with Crippen LogP contribution in [-0.4, -0.2) is 11.9 Å². The van der Waals surface area contributed by atoms with Gasteiger partial charge in [0.15, 0.2) is 0 Å². The third-order valence-corrected chi connectivity index (χ3v) is 3.36. The van der Waals surface area contributed by atoms with Gasteiger partial charge < -0.3 is 11.1 Å². The fourth-order valence-corrected chi connectivity index (χ4v) is 1.82. The number of amides is 1. The van der Waals surface area contributed by atoms with Crippen LogP contribution in [-0.2, 0) is 10.2 Å². The summed E-state index contributed by atoms with van der Waals surface area (Å²) in [4.78, 5) is 11.9. The zero-order valence-electron chi connectivity index (χ0n) is 12.4. The Bertz CT molecular complexity index is 485. The molecule has 0 bridgehead atoms. The highest BCUT2D eigenvalue weighted by Crippen LogP contribution is 2.23. The Kier molecular flexibility index (Phi) is 5.72. The highest BCUT2D eigenvalue weighted by molar-refractivity contribution is 5.94. The number of unbranched alkanes of at least 4 members (excludes halogenated alkanes) is 1.